The van der Waals surface area contributed by atoms with Crippen LogP contribution in [0.3, 0.4) is 0 Å². The number of rotatable bonds is 3. The second-order valence-electron chi connectivity index (χ2n) is 5.00. The van der Waals surface area contributed by atoms with Gasteiger partial charge in [0.05, 0.1) is 5.69 Å². The number of nitrogens with zero attached hydrogens (tertiary/aromatic N) is 1. The van der Waals surface area contributed by atoms with Crippen LogP contribution in [-0.4, -0.2) is 23.1 Å². The van der Waals surface area contributed by atoms with E-state index in [1.165, 1.54) is 0 Å². The number of carbonyl (C=O) groups is 2. The van der Waals surface area contributed by atoms with Crippen molar-refractivity contribution in [1.82, 2.24) is 5.32 Å². The number of halogens is 1. The average molecular weight is 361 g/mol. The van der Waals surface area contributed by atoms with Gasteiger partial charge in [0.25, 0.3) is 5.91 Å². The summed E-state index contributed by atoms with van der Waals surface area (Å²) in [6.45, 7) is 0. The fraction of sp³-hybridized carbons (Fsp3) is 0.125. The molecule has 2 N–H and O–H groups in total. The van der Waals surface area contributed by atoms with Gasteiger partial charge >= 0.3 is 6.03 Å². The Bertz CT molecular complexity index is 730. The van der Waals surface area contributed by atoms with E-state index in [1.807, 2.05) is 6.07 Å². The molecule has 6 heteroatoms. The molecule has 1 aliphatic heterocycles. The average Bonchev–Trinajstić information content (AvgIpc) is 2.77. The van der Waals surface area contributed by atoms with Gasteiger partial charge in [-0.1, -0.05) is 24.3 Å². The predicted molar refractivity (Wildman–Crippen MR) is 85.8 cm³/mol. The zero-order valence-corrected chi connectivity index (χ0v) is 13.1. The first-order valence-electron chi connectivity index (χ1n) is 6.73. The molecule has 0 aromatic heterocycles. The summed E-state index contributed by atoms with van der Waals surface area (Å²) >= 11 is 3.35. The van der Waals surface area contributed by atoms with Crippen LogP contribution in [-0.2, 0) is 11.2 Å². The number of phenolic OH excluding ortho intramolecular Hbond substituents is 1. The number of urea groups is 1. The van der Waals surface area contributed by atoms with E-state index in [0.29, 0.717) is 16.6 Å². The lowest BCUT2D eigenvalue weighted by molar-refractivity contribution is -0.118. The molecule has 0 saturated carbocycles. The summed E-state index contributed by atoms with van der Waals surface area (Å²) in [5.74, 6) is -0.120. The van der Waals surface area contributed by atoms with Crippen LogP contribution < -0.4 is 10.2 Å². The number of anilines is 1. The van der Waals surface area contributed by atoms with Gasteiger partial charge in [0.2, 0.25) is 0 Å². The van der Waals surface area contributed by atoms with E-state index in [1.54, 1.807) is 42.5 Å². The lowest BCUT2D eigenvalue weighted by Gasteiger charge is -2.14. The lowest BCUT2D eigenvalue weighted by Crippen LogP contribution is -2.32. The molecule has 3 rings (SSSR count). The third kappa shape index (κ3) is 2.69. The Morgan fingerprint density at radius 2 is 1.77 bits per heavy atom. The van der Waals surface area contributed by atoms with Crippen molar-refractivity contribution in [3.63, 3.8) is 0 Å². The smallest absolute Gasteiger partial charge is 0.329 e. The number of hydrogen-bond acceptors (Lipinski definition) is 3. The van der Waals surface area contributed by atoms with Crippen molar-refractivity contribution in [2.75, 3.05) is 4.90 Å². The summed E-state index contributed by atoms with van der Waals surface area (Å²) in [4.78, 5) is 25.8. The zero-order chi connectivity index (χ0) is 15.7. The molecular formula is C16H13BrN2O3. The van der Waals surface area contributed by atoms with Gasteiger partial charge in [-0.2, -0.15) is 0 Å². The third-order valence-corrected chi connectivity index (χ3v) is 4.16. The van der Waals surface area contributed by atoms with Crippen LogP contribution in [0.15, 0.2) is 53.0 Å². The van der Waals surface area contributed by atoms with Crippen LogP contribution in [0.1, 0.15) is 5.56 Å². The van der Waals surface area contributed by atoms with Gasteiger partial charge in [-0.3, -0.25) is 4.79 Å². The highest BCUT2D eigenvalue weighted by molar-refractivity contribution is 9.10. The highest BCUT2D eigenvalue weighted by Crippen LogP contribution is 2.29. The van der Waals surface area contributed by atoms with Crippen LogP contribution >= 0.6 is 15.9 Å². The Hall–Kier alpha value is -2.34. The molecule has 1 heterocycles. The van der Waals surface area contributed by atoms with Crippen LogP contribution in [0, 0.1) is 0 Å². The summed E-state index contributed by atoms with van der Waals surface area (Å²) in [6, 6.07) is 12.6. The minimum atomic E-state index is -0.607. The van der Waals surface area contributed by atoms with Gasteiger partial charge in [0.15, 0.2) is 0 Å². The Kier molecular flexibility index (Phi) is 3.85. The van der Waals surface area contributed by atoms with Crippen molar-refractivity contribution >= 4 is 33.6 Å². The molecule has 1 atom stereocenters. The minimum absolute atomic E-state index is 0.167. The fourth-order valence-electron chi connectivity index (χ4n) is 2.40. The van der Waals surface area contributed by atoms with Crippen molar-refractivity contribution in [3.05, 3.63) is 58.6 Å². The van der Waals surface area contributed by atoms with Crippen molar-refractivity contribution in [1.29, 1.82) is 0 Å². The summed E-state index contributed by atoms with van der Waals surface area (Å²) in [5.41, 5.74) is 1.39. The predicted octanol–water partition coefficient (Wildman–Crippen LogP) is 2.82. The molecule has 112 valence electrons. The third-order valence-electron chi connectivity index (χ3n) is 3.49. The highest BCUT2D eigenvalue weighted by Gasteiger charge is 2.39. The van der Waals surface area contributed by atoms with Crippen molar-refractivity contribution < 1.29 is 14.7 Å². The maximum Gasteiger partial charge on any atom is 0.329 e. The number of phenols is 1. The lowest BCUT2D eigenvalue weighted by atomic mass is 10.1. The number of amides is 3. The first-order chi connectivity index (χ1) is 10.6. The molecule has 1 saturated heterocycles. The molecule has 0 bridgehead atoms. The van der Waals surface area contributed by atoms with Crippen molar-refractivity contribution in [2.24, 2.45) is 0 Å². The number of hydrogen-bond donors (Lipinski definition) is 2. The van der Waals surface area contributed by atoms with E-state index in [-0.39, 0.29) is 11.7 Å². The second-order valence-corrected chi connectivity index (χ2v) is 5.85. The quantitative estimate of drug-likeness (QED) is 0.826. The maximum absolute atomic E-state index is 12.5. The summed E-state index contributed by atoms with van der Waals surface area (Å²) in [5, 5.41) is 12.0. The first kappa shape index (κ1) is 14.6. The monoisotopic (exact) mass is 360 g/mol. The minimum Gasteiger partial charge on any atom is -0.508 e. The molecule has 2 aromatic carbocycles. The molecule has 0 aliphatic carbocycles. The Balaban J connectivity index is 1.82. The normalized spacial score (nSPS) is 17.7. The number of para-hydroxylation sites is 1. The largest absolute Gasteiger partial charge is 0.508 e. The summed E-state index contributed by atoms with van der Waals surface area (Å²) in [6.07, 6.45) is 0.381. The van der Waals surface area contributed by atoms with Gasteiger partial charge in [0.1, 0.15) is 11.8 Å². The molecule has 3 amide bonds. The zero-order valence-electron chi connectivity index (χ0n) is 11.5. The molecule has 1 fully saturated rings. The van der Waals surface area contributed by atoms with Crippen molar-refractivity contribution in [3.8, 4) is 5.75 Å². The Morgan fingerprint density at radius 3 is 2.45 bits per heavy atom. The van der Waals surface area contributed by atoms with E-state index in [0.717, 1.165) is 10.5 Å². The van der Waals surface area contributed by atoms with Crippen LogP contribution in [0.2, 0.25) is 0 Å². The van der Waals surface area contributed by atoms with Gasteiger partial charge in [-0.05, 0) is 45.8 Å². The number of nitrogens with one attached hydrogen (secondary N) is 1. The second kappa shape index (κ2) is 5.81. The Labute approximate surface area is 135 Å². The molecule has 1 aliphatic rings. The van der Waals surface area contributed by atoms with E-state index in [9.17, 15) is 14.7 Å². The molecule has 0 radical (unpaired) electrons. The van der Waals surface area contributed by atoms with Gasteiger partial charge in [-0.25, -0.2) is 9.69 Å². The first-order valence-corrected chi connectivity index (χ1v) is 7.52. The van der Waals surface area contributed by atoms with E-state index < -0.39 is 12.1 Å². The molecule has 5 nitrogen and oxygen atoms in total. The molecule has 2 aromatic rings. The van der Waals surface area contributed by atoms with E-state index in [2.05, 4.69) is 21.2 Å². The number of benzene rings is 2. The van der Waals surface area contributed by atoms with Crippen molar-refractivity contribution in [2.45, 2.75) is 12.5 Å². The topological polar surface area (TPSA) is 69.6 Å². The van der Waals surface area contributed by atoms with Crippen LogP contribution in [0.4, 0.5) is 10.5 Å². The number of carbonyl (C=O) groups excluding carboxylic acids is 2. The fourth-order valence-corrected chi connectivity index (χ4v) is 2.86. The molecule has 1 unspecified atom stereocenters. The van der Waals surface area contributed by atoms with E-state index >= 15 is 0 Å². The summed E-state index contributed by atoms with van der Waals surface area (Å²) in [7, 11) is 0. The SMILES string of the molecule is O=C1NC(Cc2ccc(O)cc2)C(=O)N1c1ccccc1Br. The van der Waals surface area contributed by atoms with Gasteiger partial charge < -0.3 is 10.4 Å². The number of imide groups is 1. The van der Waals surface area contributed by atoms with Gasteiger partial charge in [0, 0.05) is 10.9 Å². The van der Waals surface area contributed by atoms with E-state index in [4.69, 9.17) is 0 Å². The standard InChI is InChI=1S/C16H13BrN2O3/c17-12-3-1-2-4-14(12)19-15(21)13(18-16(19)22)9-10-5-7-11(20)8-6-10/h1-8,13,20H,9H2,(H,18,22). The Morgan fingerprint density at radius 1 is 1.09 bits per heavy atom. The molecule has 22 heavy (non-hydrogen) atoms. The molecule has 0 spiro atoms. The van der Waals surface area contributed by atoms with Crippen LogP contribution in [0.5, 0.6) is 5.75 Å². The maximum atomic E-state index is 12.5. The number of aromatic hydroxyl groups is 1. The highest BCUT2D eigenvalue weighted by atomic mass is 79.9. The molecular weight excluding hydrogens is 348 g/mol. The van der Waals surface area contributed by atoms with Gasteiger partial charge in [-0.15, -0.1) is 0 Å². The van der Waals surface area contributed by atoms with Crippen LogP contribution in [0.25, 0.3) is 0 Å². The summed E-state index contributed by atoms with van der Waals surface area (Å²) < 4.78 is 0.684.